The van der Waals surface area contributed by atoms with Crippen LogP contribution in [0.25, 0.3) is 0 Å². The Morgan fingerprint density at radius 2 is 1.70 bits per heavy atom. The molecule has 0 fully saturated rings. The van der Waals surface area contributed by atoms with E-state index in [1.54, 1.807) is 7.11 Å². The van der Waals surface area contributed by atoms with Crippen molar-refractivity contribution >= 4 is 16.0 Å². The number of hydrogen-bond acceptors (Lipinski definition) is 4. The summed E-state index contributed by atoms with van der Waals surface area (Å²) in [4.78, 5) is 4.62. The van der Waals surface area contributed by atoms with E-state index in [1.165, 1.54) is 0 Å². The van der Waals surface area contributed by atoms with Crippen LogP contribution in [0, 0.1) is 0 Å². The van der Waals surface area contributed by atoms with Crippen LogP contribution >= 0.6 is 0 Å². The van der Waals surface area contributed by atoms with Crippen molar-refractivity contribution in [3.63, 3.8) is 0 Å². The topological polar surface area (TPSA) is 91.8 Å². The highest BCUT2D eigenvalue weighted by Crippen LogP contribution is 2.13. The molecule has 0 radical (unpaired) electrons. The molecule has 30 heavy (non-hydrogen) atoms. The number of nitrogens with zero attached hydrogens (tertiary/aromatic N) is 1. The highest BCUT2D eigenvalue weighted by molar-refractivity contribution is 7.88. The van der Waals surface area contributed by atoms with Gasteiger partial charge >= 0.3 is 0 Å². The van der Waals surface area contributed by atoms with E-state index in [2.05, 4.69) is 20.3 Å². The van der Waals surface area contributed by atoms with Crippen LogP contribution in [0.3, 0.4) is 0 Å². The van der Waals surface area contributed by atoms with E-state index in [4.69, 9.17) is 4.74 Å². The van der Waals surface area contributed by atoms with Gasteiger partial charge in [0, 0.05) is 19.1 Å². The van der Waals surface area contributed by atoms with Gasteiger partial charge in [0.25, 0.3) is 0 Å². The highest BCUT2D eigenvalue weighted by Gasteiger charge is 2.15. The first kappa shape index (κ1) is 23.7. The Balaban J connectivity index is 2.06. The van der Waals surface area contributed by atoms with E-state index in [1.807, 2.05) is 69.3 Å². The standard InChI is InChI=1S/C22H32N4O3S/c1-5-23-22(24-14-18-10-12-21(29-4)13-11-18)25-15-19-8-6-7-9-20(19)16-30(27,28)26-17(2)3/h6-13,17,26H,5,14-16H2,1-4H3,(H2,23,24,25). The number of hydrogen-bond donors (Lipinski definition) is 3. The van der Waals surface area contributed by atoms with Gasteiger partial charge in [0.15, 0.2) is 5.96 Å². The fourth-order valence-electron chi connectivity index (χ4n) is 2.90. The molecule has 0 aliphatic heterocycles. The first-order valence-corrected chi connectivity index (χ1v) is 11.7. The minimum absolute atomic E-state index is 0.0530. The molecule has 2 aromatic carbocycles. The van der Waals surface area contributed by atoms with Crippen LogP contribution in [0.1, 0.15) is 37.5 Å². The Morgan fingerprint density at radius 1 is 1.03 bits per heavy atom. The molecule has 8 heteroatoms. The summed E-state index contributed by atoms with van der Waals surface area (Å²) < 4.78 is 32.5. The number of methoxy groups -OCH3 is 1. The van der Waals surface area contributed by atoms with Crippen LogP contribution in [-0.2, 0) is 28.9 Å². The zero-order chi connectivity index (χ0) is 22.0. The van der Waals surface area contributed by atoms with Crippen molar-refractivity contribution in [3.8, 4) is 5.75 Å². The van der Waals surface area contributed by atoms with E-state index in [9.17, 15) is 8.42 Å². The molecule has 2 aromatic rings. The predicted molar refractivity (Wildman–Crippen MR) is 122 cm³/mol. The molecule has 0 atom stereocenters. The van der Waals surface area contributed by atoms with Gasteiger partial charge in [-0.2, -0.15) is 0 Å². The molecule has 2 rings (SSSR count). The molecule has 0 bridgehead atoms. The normalized spacial score (nSPS) is 12.1. The molecule has 0 spiro atoms. The number of aliphatic imine (C=N–C) groups is 1. The van der Waals surface area contributed by atoms with Crippen molar-refractivity contribution in [3.05, 3.63) is 65.2 Å². The minimum Gasteiger partial charge on any atom is -0.497 e. The van der Waals surface area contributed by atoms with Gasteiger partial charge in [0.05, 0.1) is 19.4 Å². The summed E-state index contributed by atoms with van der Waals surface area (Å²) in [6.07, 6.45) is 0. The Bertz CT molecular complexity index is 926. The molecule has 0 heterocycles. The second-order valence-corrected chi connectivity index (χ2v) is 8.95. The van der Waals surface area contributed by atoms with E-state index in [0.29, 0.717) is 19.0 Å². The lowest BCUT2D eigenvalue weighted by molar-refractivity contribution is 0.414. The molecule has 164 valence electrons. The third-order valence-corrected chi connectivity index (χ3v) is 5.77. The van der Waals surface area contributed by atoms with Gasteiger partial charge in [0.2, 0.25) is 10.0 Å². The third-order valence-electron chi connectivity index (χ3n) is 4.25. The van der Waals surface area contributed by atoms with Crippen molar-refractivity contribution in [2.24, 2.45) is 4.99 Å². The summed E-state index contributed by atoms with van der Waals surface area (Å²) >= 11 is 0. The third kappa shape index (κ3) is 8.04. The van der Waals surface area contributed by atoms with E-state index in [0.717, 1.165) is 29.0 Å². The average molecular weight is 433 g/mol. The lowest BCUT2D eigenvalue weighted by atomic mass is 10.1. The smallest absolute Gasteiger partial charge is 0.216 e. The summed E-state index contributed by atoms with van der Waals surface area (Å²) in [6, 6.07) is 15.2. The fraction of sp³-hybridized carbons (Fsp3) is 0.409. The molecule has 0 aliphatic carbocycles. The molecule has 3 N–H and O–H groups in total. The number of ether oxygens (including phenoxy) is 1. The largest absolute Gasteiger partial charge is 0.497 e. The number of guanidine groups is 1. The molecule has 7 nitrogen and oxygen atoms in total. The van der Waals surface area contributed by atoms with Crippen molar-refractivity contribution in [1.29, 1.82) is 0 Å². The summed E-state index contributed by atoms with van der Waals surface area (Å²) in [5, 5.41) is 6.52. The average Bonchev–Trinajstić information content (AvgIpc) is 2.70. The number of sulfonamides is 1. The maximum Gasteiger partial charge on any atom is 0.216 e. The van der Waals surface area contributed by atoms with E-state index >= 15 is 0 Å². The first-order chi connectivity index (χ1) is 14.3. The minimum atomic E-state index is -3.39. The Hall–Kier alpha value is -2.58. The maximum atomic E-state index is 12.3. The number of benzene rings is 2. The first-order valence-electron chi connectivity index (χ1n) is 10.0. The highest BCUT2D eigenvalue weighted by atomic mass is 32.2. The summed E-state index contributed by atoms with van der Waals surface area (Å²) in [5.74, 6) is 1.43. The van der Waals surface area contributed by atoms with Crippen molar-refractivity contribution in [2.45, 2.75) is 45.7 Å². The zero-order valence-electron chi connectivity index (χ0n) is 18.1. The van der Waals surface area contributed by atoms with Crippen LogP contribution < -0.4 is 20.1 Å². The maximum absolute atomic E-state index is 12.3. The van der Waals surface area contributed by atoms with Crippen LogP contribution in [0.5, 0.6) is 5.75 Å². The molecule has 0 unspecified atom stereocenters. The fourth-order valence-corrected chi connectivity index (χ4v) is 4.39. The molecular weight excluding hydrogens is 400 g/mol. The van der Waals surface area contributed by atoms with Crippen LogP contribution in [0.15, 0.2) is 53.5 Å². The van der Waals surface area contributed by atoms with Crippen molar-refractivity contribution < 1.29 is 13.2 Å². The van der Waals surface area contributed by atoms with Gasteiger partial charge in [-0.25, -0.2) is 18.1 Å². The summed E-state index contributed by atoms with van der Waals surface area (Å²) in [5.41, 5.74) is 2.75. The Labute approximate surface area is 180 Å². The molecule has 0 saturated carbocycles. The van der Waals surface area contributed by atoms with Gasteiger partial charge in [-0.05, 0) is 49.6 Å². The van der Waals surface area contributed by atoms with Gasteiger partial charge < -0.3 is 15.4 Å². The number of rotatable bonds is 10. The van der Waals surface area contributed by atoms with Crippen LogP contribution in [0.4, 0.5) is 0 Å². The summed E-state index contributed by atoms with van der Waals surface area (Å²) in [7, 11) is -1.75. The van der Waals surface area contributed by atoms with Gasteiger partial charge in [0.1, 0.15) is 5.75 Å². The lowest BCUT2D eigenvalue weighted by Gasteiger charge is -2.15. The SMILES string of the molecule is CCNC(=NCc1ccc(OC)cc1)NCc1ccccc1CS(=O)(=O)NC(C)C. The second-order valence-electron chi connectivity index (χ2n) is 7.20. The van der Waals surface area contributed by atoms with Gasteiger partial charge in [-0.1, -0.05) is 36.4 Å². The lowest BCUT2D eigenvalue weighted by Crippen LogP contribution is -2.37. The molecule has 0 saturated heterocycles. The Morgan fingerprint density at radius 3 is 2.30 bits per heavy atom. The monoisotopic (exact) mass is 432 g/mol. The molecule has 0 aliphatic rings. The predicted octanol–water partition coefficient (Wildman–Crippen LogP) is 2.78. The van der Waals surface area contributed by atoms with Crippen molar-refractivity contribution in [1.82, 2.24) is 15.4 Å². The molecular formula is C22H32N4O3S. The molecule has 0 aromatic heterocycles. The Kier molecular flexibility index (Phi) is 9.14. The van der Waals surface area contributed by atoms with E-state index < -0.39 is 10.0 Å². The summed E-state index contributed by atoms with van der Waals surface area (Å²) in [6.45, 7) is 7.35. The van der Waals surface area contributed by atoms with Crippen LogP contribution in [0.2, 0.25) is 0 Å². The van der Waals surface area contributed by atoms with Crippen molar-refractivity contribution in [2.75, 3.05) is 13.7 Å². The zero-order valence-corrected chi connectivity index (χ0v) is 18.9. The number of nitrogens with one attached hydrogen (secondary N) is 3. The van der Waals surface area contributed by atoms with Gasteiger partial charge in [-0.15, -0.1) is 0 Å². The second kappa shape index (κ2) is 11.6. The van der Waals surface area contributed by atoms with E-state index in [-0.39, 0.29) is 11.8 Å². The molecule has 0 amide bonds. The van der Waals surface area contributed by atoms with Gasteiger partial charge in [-0.3, -0.25) is 0 Å². The quantitative estimate of drug-likeness (QED) is 0.397. The van der Waals surface area contributed by atoms with Crippen LogP contribution in [-0.4, -0.2) is 34.1 Å².